The number of aromatic nitrogens is 1. The lowest BCUT2D eigenvalue weighted by atomic mass is 10.0. The molecule has 26 heavy (non-hydrogen) atoms. The molecule has 0 bridgehead atoms. The van der Waals surface area contributed by atoms with Crippen molar-refractivity contribution in [3.05, 3.63) is 84.1 Å². The van der Waals surface area contributed by atoms with Gasteiger partial charge in [-0.2, -0.15) is 0 Å². The molecule has 134 valence electrons. The Bertz CT molecular complexity index is 824. The van der Waals surface area contributed by atoms with E-state index in [0.29, 0.717) is 6.61 Å². The minimum Gasteiger partial charge on any atom is -0.476 e. The molecule has 3 aromatic rings. The first-order valence-electron chi connectivity index (χ1n) is 8.82. The molecule has 1 aromatic heterocycles. The molecule has 3 nitrogen and oxygen atoms in total. The smallest absolute Gasteiger partial charge is 0.218 e. The highest BCUT2D eigenvalue weighted by atomic mass is 35.5. The minimum atomic E-state index is 0. The Morgan fingerprint density at radius 2 is 1.65 bits per heavy atom. The Morgan fingerprint density at radius 3 is 2.42 bits per heavy atom. The molecule has 1 aliphatic rings. The van der Waals surface area contributed by atoms with E-state index < -0.39 is 0 Å². The van der Waals surface area contributed by atoms with Gasteiger partial charge in [-0.15, -0.1) is 12.4 Å². The zero-order valence-corrected chi connectivity index (χ0v) is 15.5. The van der Waals surface area contributed by atoms with Gasteiger partial charge in [0.25, 0.3) is 0 Å². The lowest BCUT2D eigenvalue weighted by Gasteiger charge is -2.20. The second-order valence-corrected chi connectivity index (χ2v) is 6.37. The number of fused-ring (bicyclic) bond motifs is 1. The van der Waals surface area contributed by atoms with Gasteiger partial charge in [0.05, 0.1) is 0 Å². The molecule has 4 heteroatoms. The maximum atomic E-state index is 5.94. The summed E-state index contributed by atoms with van der Waals surface area (Å²) in [7, 11) is 0. The highest BCUT2D eigenvalue weighted by molar-refractivity contribution is 5.85. The number of ether oxygens (including phenoxy) is 1. The molecule has 0 radical (unpaired) electrons. The molecule has 0 atom stereocenters. The van der Waals surface area contributed by atoms with Crippen LogP contribution in [-0.2, 0) is 13.0 Å². The van der Waals surface area contributed by atoms with Gasteiger partial charge >= 0.3 is 0 Å². The summed E-state index contributed by atoms with van der Waals surface area (Å²) >= 11 is 0. The van der Waals surface area contributed by atoms with E-state index in [0.717, 1.165) is 31.9 Å². The van der Waals surface area contributed by atoms with Gasteiger partial charge in [0.15, 0.2) is 0 Å². The van der Waals surface area contributed by atoms with Crippen LogP contribution in [0.3, 0.4) is 0 Å². The van der Waals surface area contributed by atoms with Crippen LogP contribution in [-0.4, -0.2) is 29.6 Å². The molecule has 0 N–H and O–H groups in total. The molecule has 0 saturated carbocycles. The maximum absolute atomic E-state index is 5.94. The number of hydrogen-bond donors (Lipinski definition) is 0. The molecule has 4 rings (SSSR count). The lowest BCUT2D eigenvalue weighted by molar-refractivity contribution is 0.225. The quantitative estimate of drug-likeness (QED) is 0.674. The van der Waals surface area contributed by atoms with Gasteiger partial charge in [-0.25, -0.2) is 4.98 Å². The van der Waals surface area contributed by atoms with Crippen LogP contribution in [0.1, 0.15) is 11.1 Å². The van der Waals surface area contributed by atoms with Crippen LogP contribution in [0.25, 0.3) is 11.1 Å². The van der Waals surface area contributed by atoms with Crippen LogP contribution >= 0.6 is 12.4 Å². The van der Waals surface area contributed by atoms with Crippen molar-refractivity contribution < 1.29 is 4.74 Å². The van der Waals surface area contributed by atoms with Crippen LogP contribution in [0.4, 0.5) is 0 Å². The Hall–Kier alpha value is -2.36. The summed E-state index contributed by atoms with van der Waals surface area (Å²) in [5, 5.41) is 0. The van der Waals surface area contributed by atoms with E-state index in [2.05, 4.69) is 70.5 Å². The van der Waals surface area contributed by atoms with Crippen molar-refractivity contribution in [3.63, 3.8) is 0 Å². The van der Waals surface area contributed by atoms with Gasteiger partial charge < -0.3 is 4.74 Å². The van der Waals surface area contributed by atoms with Gasteiger partial charge in [-0.3, -0.25) is 4.90 Å². The van der Waals surface area contributed by atoms with Crippen molar-refractivity contribution in [3.8, 4) is 17.0 Å². The molecule has 0 spiro atoms. The van der Waals surface area contributed by atoms with Crippen LogP contribution < -0.4 is 4.74 Å². The van der Waals surface area contributed by atoms with Crippen LogP contribution in [0.5, 0.6) is 5.88 Å². The van der Waals surface area contributed by atoms with Crippen molar-refractivity contribution in [2.45, 2.75) is 13.0 Å². The number of nitrogens with zero attached hydrogens (tertiary/aromatic N) is 2. The van der Waals surface area contributed by atoms with Crippen molar-refractivity contribution in [2.24, 2.45) is 0 Å². The third-order valence-electron chi connectivity index (χ3n) is 4.69. The van der Waals surface area contributed by atoms with Gasteiger partial charge in [-0.1, -0.05) is 60.7 Å². The van der Waals surface area contributed by atoms with Crippen molar-refractivity contribution in [1.82, 2.24) is 9.88 Å². The Labute approximate surface area is 161 Å². The molecular weight excluding hydrogens is 344 g/mol. The second kappa shape index (κ2) is 8.84. The summed E-state index contributed by atoms with van der Waals surface area (Å²) in [6.07, 6.45) is 2.90. The third-order valence-corrected chi connectivity index (χ3v) is 4.69. The number of hydrogen-bond acceptors (Lipinski definition) is 3. The number of pyridine rings is 1. The largest absolute Gasteiger partial charge is 0.476 e. The van der Waals surface area contributed by atoms with E-state index in [4.69, 9.17) is 4.74 Å². The first kappa shape index (κ1) is 18.4. The van der Waals surface area contributed by atoms with Crippen LogP contribution in [0.15, 0.2) is 72.9 Å². The molecular formula is C22H23ClN2O. The summed E-state index contributed by atoms with van der Waals surface area (Å²) in [6.45, 7) is 3.51. The minimum absolute atomic E-state index is 0. The first-order chi connectivity index (χ1) is 12.4. The number of rotatable bonds is 4. The number of halogens is 1. The summed E-state index contributed by atoms with van der Waals surface area (Å²) in [5.74, 6) is 0.781. The lowest BCUT2D eigenvalue weighted by Crippen LogP contribution is -2.28. The van der Waals surface area contributed by atoms with Crippen molar-refractivity contribution >= 4 is 12.4 Å². The molecule has 2 aromatic carbocycles. The molecule has 0 unspecified atom stereocenters. The fraction of sp³-hybridized carbons (Fsp3) is 0.227. The van der Waals surface area contributed by atoms with E-state index in [-0.39, 0.29) is 12.4 Å². The van der Waals surface area contributed by atoms with Gasteiger partial charge in [0, 0.05) is 31.4 Å². The highest BCUT2D eigenvalue weighted by Crippen LogP contribution is 2.31. The van der Waals surface area contributed by atoms with E-state index in [1.807, 2.05) is 12.3 Å². The molecule has 0 aliphatic carbocycles. The topological polar surface area (TPSA) is 25.4 Å². The summed E-state index contributed by atoms with van der Waals surface area (Å²) in [5.41, 5.74) is 5.01. The van der Waals surface area contributed by atoms with Gasteiger partial charge in [-0.05, 0) is 29.2 Å². The average molecular weight is 367 g/mol. The second-order valence-electron chi connectivity index (χ2n) is 6.37. The number of benzene rings is 2. The summed E-state index contributed by atoms with van der Waals surface area (Å²) in [4.78, 5) is 6.93. The predicted molar refractivity (Wildman–Crippen MR) is 108 cm³/mol. The fourth-order valence-corrected chi connectivity index (χ4v) is 3.34. The monoisotopic (exact) mass is 366 g/mol. The van der Waals surface area contributed by atoms with Crippen molar-refractivity contribution in [2.75, 3.05) is 19.7 Å². The van der Waals surface area contributed by atoms with Gasteiger partial charge in [0.2, 0.25) is 5.88 Å². The normalized spacial score (nSPS) is 13.8. The standard InChI is InChI=1S/C22H22N2O.ClH/c1-3-7-18(8-4-1)12-14-24-15-16-25-22-21(17-24)20(11-13-23-22)19-9-5-2-6-10-19;/h1-11,13H,12,14-17H2;1H. The molecule has 2 heterocycles. The first-order valence-corrected chi connectivity index (χ1v) is 8.82. The van der Waals surface area contributed by atoms with E-state index >= 15 is 0 Å². The van der Waals surface area contributed by atoms with E-state index in [1.165, 1.54) is 22.3 Å². The summed E-state index contributed by atoms with van der Waals surface area (Å²) in [6, 6.07) is 23.3. The average Bonchev–Trinajstić information content (AvgIpc) is 2.90. The zero-order valence-electron chi connectivity index (χ0n) is 14.7. The van der Waals surface area contributed by atoms with E-state index in [1.54, 1.807) is 0 Å². The Kier molecular flexibility index (Phi) is 6.26. The van der Waals surface area contributed by atoms with Crippen molar-refractivity contribution in [1.29, 1.82) is 0 Å². The van der Waals surface area contributed by atoms with Crippen LogP contribution in [0, 0.1) is 0 Å². The maximum Gasteiger partial charge on any atom is 0.218 e. The highest BCUT2D eigenvalue weighted by Gasteiger charge is 2.19. The zero-order chi connectivity index (χ0) is 16.9. The third kappa shape index (κ3) is 4.24. The summed E-state index contributed by atoms with van der Waals surface area (Å²) < 4.78 is 5.94. The Balaban J connectivity index is 0.00000196. The molecule has 0 amide bonds. The van der Waals surface area contributed by atoms with Gasteiger partial charge in [0.1, 0.15) is 6.61 Å². The fourth-order valence-electron chi connectivity index (χ4n) is 3.34. The Morgan fingerprint density at radius 1 is 0.923 bits per heavy atom. The molecule has 0 saturated heterocycles. The molecule has 1 aliphatic heterocycles. The van der Waals surface area contributed by atoms with Crippen LogP contribution in [0.2, 0.25) is 0 Å². The SMILES string of the molecule is Cl.c1ccc(CCN2CCOc3nccc(-c4ccccc4)c3C2)cc1. The molecule has 0 fully saturated rings. The van der Waals surface area contributed by atoms with E-state index in [9.17, 15) is 0 Å². The predicted octanol–water partition coefficient (Wildman–Crippen LogP) is 4.61.